The number of likely N-dealkylation sites (N-methyl/N-ethyl adjacent to an activating group) is 1. The Morgan fingerprint density at radius 1 is 1.19 bits per heavy atom. The highest BCUT2D eigenvalue weighted by atomic mass is 16.5. The molecular weight excluding hydrogens is 472 g/mol. The van der Waals surface area contributed by atoms with E-state index in [0.717, 1.165) is 25.1 Å². The van der Waals surface area contributed by atoms with Gasteiger partial charge in [0, 0.05) is 44.0 Å². The Balaban J connectivity index is 1.50. The van der Waals surface area contributed by atoms with Gasteiger partial charge in [0.2, 0.25) is 5.95 Å². The Morgan fingerprint density at radius 3 is 2.54 bits per heavy atom. The smallest absolute Gasteiger partial charge is 0.265 e. The van der Waals surface area contributed by atoms with Crippen molar-refractivity contribution in [3.05, 3.63) is 46.4 Å². The van der Waals surface area contributed by atoms with Gasteiger partial charge in [-0.3, -0.25) is 14.2 Å². The molecule has 0 unspecified atom stereocenters. The van der Waals surface area contributed by atoms with Gasteiger partial charge in [-0.1, -0.05) is 6.92 Å². The number of hydrogen-bond acceptors (Lipinski definition) is 8. The molecule has 0 spiro atoms. The lowest BCUT2D eigenvalue weighted by molar-refractivity contribution is -0.162. The maximum absolute atomic E-state index is 13.7. The fourth-order valence-electron chi connectivity index (χ4n) is 5.37. The van der Waals surface area contributed by atoms with Crippen LogP contribution in [0.4, 0.5) is 11.6 Å². The van der Waals surface area contributed by atoms with Crippen molar-refractivity contribution in [3.8, 4) is 11.5 Å². The summed E-state index contributed by atoms with van der Waals surface area (Å²) in [6, 6.07) is 7.15. The fourth-order valence-corrected chi connectivity index (χ4v) is 5.37. The summed E-state index contributed by atoms with van der Waals surface area (Å²) in [5.74, 6) is 2.28. The van der Waals surface area contributed by atoms with E-state index in [1.54, 1.807) is 38.0 Å². The number of nitrogens with one attached hydrogen (secondary N) is 1. The topological polar surface area (TPSA) is 102 Å². The lowest BCUT2D eigenvalue weighted by atomic mass is 9.42. The van der Waals surface area contributed by atoms with Crippen molar-refractivity contribution in [2.75, 3.05) is 53.8 Å². The van der Waals surface area contributed by atoms with Crippen molar-refractivity contribution in [1.29, 1.82) is 0 Å². The molecule has 3 aliphatic carbocycles. The summed E-state index contributed by atoms with van der Waals surface area (Å²) in [5, 5.41) is 3.89. The van der Waals surface area contributed by atoms with E-state index in [2.05, 4.69) is 17.2 Å². The van der Waals surface area contributed by atoms with Crippen LogP contribution in [0.1, 0.15) is 30.1 Å². The quantitative estimate of drug-likeness (QED) is 0.473. The molecule has 37 heavy (non-hydrogen) atoms. The third-order valence-corrected chi connectivity index (χ3v) is 7.82. The molecule has 0 saturated heterocycles. The molecule has 1 amide bonds. The number of anilines is 2. The van der Waals surface area contributed by atoms with Crippen LogP contribution in [0.3, 0.4) is 0 Å². The highest BCUT2D eigenvalue weighted by Crippen LogP contribution is 2.66. The van der Waals surface area contributed by atoms with Gasteiger partial charge in [0.1, 0.15) is 17.8 Å². The Hall–Kier alpha value is -3.66. The molecule has 196 valence electrons. The van der Waals surface area contributed by atoms with Crippen LogP contribution in [-0.4, -0.2) is 78.7 Å². The number of nitrogens with zero attached hydrogens (tertiary/aromatic N) is 5. The number of carbonyl (C=O) groups excluding carboxylic acids is 1. The number of methoxy groups -OCH3 is 1. The van der Waals surface area contributed by atoms with E-state index in [0.29, 0.717) is 46.9 Å². The summed E-state index contributed by atoms with van der Waals surface area (Å²) in [5.41, 5.74) is 0.833. The Morgan fingerprint density at radius 2 is 1.95 bits per heavy atom. The molecule has 3 saturated carbocycles. The summed E-state index contributed by atoms with van der Waals surface area (Å²) in [6.45, 7) is 3.50. The minimum absolute atomic E-state index is 0.147. The minimum Gasteiger partial charge on any atom is -0.493 e. The zero-order valence-electron chi connectivity index (χ0n) is 22.2. The Labute approximate surface area is 216 Å². The van der Waals surface area contributed by atoms with Crippen molar-refractivity contribution in [2.45, 2.75) is 25.3 Å². The number of ether oxygens (including phenoxy) is 2. The number of amides is 1. The van der Waals surface area contributed by atoms with Gasteiger partial charge in [0.25, 0.3) is 11.5 Å². The number of hydrogen-bond donors (Lipinski definition) is 1. The van der Waals surface area contributed by atoms with E-state index in [1.807, 2.05) is 37.2 Å². The zero-order valence-corrected chi connectivity index (χ0v) is 22.2. The highest BCUT2D eigenvalue weighted by Gasteiger charge is 2.65. The lowest BCUT2D eigenvalue weighted by Gasteiger charge is -2.68. The van der Waals surface area contributed by atoms with E-state index >= 15 is 0 Å². The van der Waals surface area contributed by atoms with Crippen LogP contribution in [0.5, 0.6) is 11.5 Å². The standard InChI is InChI=1S/C27H34N6O4/c1-16-18-13-27(16,14-18)33-23-17(11-20(25(33)35)24(34)32(4)5)15-28-26(30-23)29-19-7-8-21(22(12-19)36-6)37-10-9-31(2)3/h7-8,11-12,15-16,18H,9-10,13-14H2,1-6H3,(H,28,29,30)/t16-,18?,27?/m1/s1. The maximum Gasteiger partial charge on any atom is 0.265 e. The normalized spacial score (nSPS) is 21.8. The molecule has 0 aliphatic heterocycles. The lowest BCUT2D eigenvalue weighted by Crippen LogP contribution is -2.69. The molecule has 2 bridgehead atoms. The van der Waals surface area contributed by atoms with Crippen LogP contribution in [0.2, 0.25) is 0 Å². The van der Waals surface area contributed by atoms with Crippen LogP contribution in [0.15, 0.2) is 35.3 Å². The van der Waals surface area contributed by atoms with Crippen LogP contribution >= 0.6 is 0 Å². The minimum atomic E-state index is -0.318. The second kappa shape index (κ2) is 9.33. The number of carbonyl (C=O) groups is 1. The van der Waals surface area contributed by atoms with Crippen molar-refractivity contribution < 1.29 is 14.3 Å². The van der Waals surface area contributed by atoms with Gasteiger partial charge in [-0.2, -0.15) is 4.98 Å². The third-order valence-electron chi connectivity index (χ3n) is 7.82. The summed E-state index contributed by atoms with van der Waals surface area (Å²) in [6.07, 6.45) is 3.53. The second-order valence-electron chi connectivity index (χ2n) is 10.6. The number of fused-ring (bicyclic) bond motifs is 1. The Kier molecular flexibility index (Phi) is 6.31. The zero-order chi connectivity index (χ0) is 26.5. The largest absolute Gasteiger partial charge is 0.493 e. The van der Waals surface area contributed by atoms with Gasteiger partial charge in [-0.05, 0) is 57.0 Å². The molecule has 1 aromatic carbocycles. The van der Waals surface area contributed by atoms with Crippen LogP contribution in [-0.2, 0) is 5.54 Å². The fraction of sp³-hybridized carbons (Fsp3) is 0.481. The SMILES string of the molecule is COc1cc(Nc2ncc3cc(C(=O)N(C)C)c(=O)n(C45CC(C4)[C@H]5C)c3n2)ccc1OCCN(C)C. The molecule has 3 aromatic rings. The van der Waals surface area contributed by atoms with E-state index < -0.39 is 0 Å². The number of pyridine rings is 1. The number of rotatable bonds is 9. The average molecular weight is 507 g/mol. The molecule has 2 heterocycles. The first-order valence-corrected chi connectivity index (χ1v) is 12.5. The van der Waals surface area contributed by atoms with E-state index in [9.17, 15) is 9.59 Å². The average Bonchev–Trinajstić information content (AvgIpc) is 2.84. The number of aromatic nitrogens is 3. The van der Waals surface area contributed by atoms with E-state index in [4.69, 9.17) is 14.5 Å². The van der Waals surface area contributed by atoms with E-state index in [1.165, 1.54) is 4.90 Å². The monoisotopic (exact) mass is 506 g/mol. The van der Waals surface area contributed by atoms with Crippen LogP contribution in [0.25, 0.3) is 11.0 Å². The third kappa shape index (κ3) is 4.19. The predicted molar refractivity (Wildman–Crippen MR) is 142 cm³/mol. The summed E-state index contributed by atoms with van der Waals surface area (Å²) in [4.78, 5) is 39.2. The first-order valence-electron chi connectivity index (χ1n) is 12.5. The van der Waals surface area contributed by atoms with Crippen molar-refractivity contribution >= 4 is 28.6 Å². The van der Waals surface area contributed by atoms with Gasteiger partial charge in [-0.25, -0.2) is 4.98 Å². The number of benzene rings is 1. The highest BCUT2D eigenvalue weighted by molar-refractivity contribution is 5.96. The summed E-state index contributed by atoms with van der Waals surface area (Å²) >= 11 is 0. The van der Waals surface area contributed by atoms with E-state index in [-0.39, 0.29) is 22.6 Å². The molecule has 10 heteroatoms. The van der Waals surface area contributed by atoms with Crippen molar-refractivity contribution in [1.82, 2.24) is 24.3 Å². The molecule has 1 atom stereocenters. The molecule has 0 radical (unpaired) electrons. The molecular formula is C27H34N6O4. The first kappa shape index (κ1) is 25.0. The molecule has 3 aliphatic rings. The van der Waals surface area contributed by atoms with Gasteiger partial charge < -0.3 is 24.6 Å². The summed E-state index contributed by atoms with van der Waals surface area (Å²) in [7, 11) is 8.88. The van der Waals surface area contributed by atoms with Gasteiger partial charge in [-0.15, -0.1) is 0 Å². The van der Waals surface area contributed by atoms with Gasteiger partial charge in [0.15, 0.2) is 11.5 Å². The van der Waals surface area contributed by atoms with Crippen molar-refractivity contribution in [2.24, 2.45) is 11.8 Å². The summed E-state index contributed by atoms with van der Waals surface area (Å²) < 4.78 is 13.1. The second-order valence-corrected chi connectivity index (χ2v) is 10.6. The molecule has 2 aromatic heterocycles. The molecule has 10 nitrogen and oxygen atoms in total. The molecule has 1 N–H and O–H groups in total. The van der Waals surface area contributed by atoms with Crippen LogP contribution in [0, 0.1) is 11.8 Å². The van der Waals surface area contributed by atoms with Crippen LogP contribution < -0.4 is 20.3 Å². The molecule has 3 fully saturated rings. The Bertz CT molecular complexity index is 1410. The van der Waals surface area contributed by atoms with Gasteiger partial charge >= 0.3 is 0 Å². The maximum atomic E-state index is 13.7. The molecule has 6 rings (SSSR count). The predicted octanol–water partition coefficient (Wildman–Crippen LogP) is 2.94. The van der Waals surface area contributed by atoms with Crippen molar-refractivity contribution in [3.63, 3.8) is 0 Å². The van der Waals surface area contributed by atoms with Gasteiger partial charge in [0.05, 0.1) is 12.6 Å². The first-order chi connectivity index (χ1) is 17.6.